The summed E-state index contributed by atoms with van der Waals surface area (Å²) in [5.41, 5.74) is -0.832. The minimum absolute atomic E-state index is 0.000576. The molecule has 2 nitrogen and oxygen atoms in total. The molecule has 0 bridgehead atoms. The van der Waals surface area contributed by atoms with Gasteiger partial charge < -0.3 is 5.32 Å². The van der Waals surface area contributed by atoms with E-state index >= 15 is 0 Å². The normalized spacial score (nSPS) is 13.4. The number of hydrogen-bond donors (Lipinski definition) is 1. The Hall–Kier alpha value is -0.970. The first-order valence-corrected chi connectivity index (χ1v) is 6.25. The molecule has 1 atom stereocenters. The Bertz CT molecular complexity index is 393. The maximum Gasteiger partial charge on any atom is 0.417 e. The van der Waals surface area contributed by atoms with E-state index in [1.54, 1.807) is 0 Å². The molecule has 1 heterocycles. The van der Waals surface area contributed by atoms with Crippen molar-refractivity contribution >= 4 is 17.4 Å². The molecule has 0 aliphatic heterocycles. The van der Waals surface area contributed by atoms with Crippen LogP contribution in [0.4, 0.5) is 19.0 Å². The van der Waals surface area contributed by atoms with E-state index < -0.39 is 11.7 Å². The molecule has 0 saturated carbocycles. The van der Waals surface area contributed by atoms with Crippen molar-refractivity contribution in [2.75, 3.05) is 5.32 Å². The van der Waals surface area contributed by atoms with Crippen molar-refractivity contribution in [2.45, 2.75) is 45.3 Å². The Labute approximate surface area is 110 Å². The lowest BCUT2D eigenvalue weighted by atomic mass is 10.1. The minimum atomic E-state index is -4.41. The van der Waals surface area contributed by atoms with Crippen LogP contribution in [0.25, 0.3) is 0 Å². The number of hydrogen-bond acceptors (Lipinski definition) is 2. The van der Waals surface area contributed by atoms with Crippen molar-refractivity contribution in [3.05, 3.63) is 22.8 Å². The molecule has 0 aromatic carbocycles. The van der Waals surface area contributed by atoms with Gasteiger partial charge in [-0.05, 0) is 18.9 Å². The smallest absolute Gasteiger partial charge is 0.366 e. The second-order valence-electron chi connectivity index (χ2n) is 4.09. The average Bonchev–Trinajstić information content (AvgIpc) is 2.29. The first-order valence-electron chi connectivity index (χ1n) is 5.87. The molecule has 1 aromatic rings. The van der Waals surface area contributed by atoms with E-state index in [2.05, 4.69) is 10.3 Å². The largest absolute Gasteiger partial charge is 0.417 e. The summed E-state index contributed by atoms with van der Waals surface area (Å²) in [5, 5.41) is 3.07. The van der Waals surface area contributed by atoms with Gasteiger partial charge in [-0.15, -0.1) is 0 Å². The Morgan fingerprint density at radius 1 is 1.39 bits per heavy atom. The van der Waals surface area contributed by atoms with Crippen LogP contribution < -0.4 is 5.32 Å². The minimum Gasteiger partial charge on any atom is -0.366 e. The summed E-state index contributed by atoms with van der Waals surface area (Å²) in [6.45, 7) is 4.05. The molecule has 6 heteroatoms. The Morgan fingerprint density at radius 3 is 2.50 bits per heavy atom. The van der Waals surface area contributed by atoms with Crippen LogP contribution in [-0.2, 0) is 6.18 Å². The van der Waals surface area contributed by atoms with Gasteiger partial charge in [0, 0.05) is 12.2 Å². The van der Waals surface area contributed by atoms with Gasteiger partial charge in [0.2, 0.25) is 0 Å². The molecule has 0 radical (unpaired) electrons. The van der Waals surface area contributed by atoms with Gasteiger partial charge in [0.1, 0.15) is 5.82 Å². The zero-order chi connectivity index (χ0) is 13.8. The molecule has 18 heavy (non-hydrogen) atoms. The molecule has 1 N–H and O–H groups in total. The number of halogens is 4. The first kappa shape index (κ1) is 15.1. The van der Waals surface area contributed by atoms with E-state index in [0.717, 1.165) is 31.5 Å². The van der Waals surface area contributed by atoms with Crippen molar-refractivity contribution in [1.82, 2.24) is 4.98 Å². The van der Waals surface area contributed by atoms with Crippen LogP contribution in [0.5, 0.6) is 0 Å². The number of nitrogens with one attached hydrogen (secondary N) is 1. The van der Waals surface area contributed by atoms with Crippen LogP contribution in [0.3, 0.4) is 0 Å². The van der Waals surface area contributed by atoms with Crippen LogP contribution >= 0.6 is 11.6 Å². The summed E-state index contributed by atoms with van der Waals surface area (Å²) in [6.07, 6.45) is -0.832. The van der Waals surface area contributed by atoms with Crippen LogP contribution in [0.2, 0.25) is 5.02 Å². The fourth-order valence-corrected chi connectivity index (χ4v) is 1.84. The SMILES string of the molecule is CCCC(CC)Nc1ncc(C(F)(F)F)cc1Cl. The van der Waals surface area contributed by atoms with Crippen molar-refractivity contribution in [3.63, 3.8) is 0 Å². The molecule has 0 aliphatic rings. The quantitative estimate of drug-likeness (QED) is 0.842. The third-order valence-corrected chi connectivity index (χ3v) is 2.93. The zero-order valence-corrected chi connectivity index (χ0v) is 11.1. The van der Waals surface area contributed by atoms with Gasteiger partial charge in [0.25, 0.3) is 0 Å². The molecule has 1 unspecified atom stereocenters. The van der Waals surface area contributed by atoms with Gasteiger partial charge in [0.05, 0.1) is 10.6 Å². The van der Waals surface area contributed by atoms with E-state index in [1.807, 2.05) is 13.8 Å². The van der Waals surface area contributed by atoms with Crippen LogP contribution in [0.15, 0.2) is 12.3 Å². The summed E-state index contributed by atoms with van der Waals surface area (Å²) >= 11 is 5.81. The average molecular weight is 281 g/mol. The monoisotopic (exact) mass is 280 g/mol. The predicted octanol–water partition coefficient (Wildman–Crippen LogP) is 4.74. The highest BCUT2D eigenvalue weighted by atomic mass is 35.5. The standard InChI is InChI=1S/C12H16ClF3N2/c1-3-5-9(4-2)18-11-10(13)6-8(7-17-11)12(14,15)16/h6-7,9H,3-5H2,1-2H3,(H,17,18). The van der Waals surface area contributed by atoms with E-state index in [1.165, 1.54) is 0 Å². The van der Waals surface area contributed by atoms with Crippen molar-refractivity contribution in [3.8, 4) is 0 Å². The van der Waals surface area contributed by atoms with Gasteiger partial charge in [-0.2, -0.15) is 13.2 Å². The molecule has 0 amide bonds. The summed E-state index contributed by atoms with van der Waals surface area (Å²) in [4.78, 5) is 3.75. The van der Waals surface area contributed by atoms with Crippen molar-refractivity contribution in [2.24, 2.45) is 0 Å². The van der Waals surface area contributed by atoms with E-state index in [4.69, 9.17) is 11.6 Å². The zero-order valence-electron chi connectivity index (χ0n) is 10.3. The third kappa shape index (κ3) is 4.05. The highest BCUT2D eigenvalue weighted by Crippen LogP contribution is 2.32. The fourth-order valence-electron chi connectivity index (χ4n) is 1.62. The topological polar surface area (TPSA) is 24.9 Å². The molecule has 0 spiro atoms. The Morgan fingerprint density at radius 2 is 2.06 bits per heavy atom. The number of alkyl halides is 3. The van der Waals surface area contributed by atoms with Crippen LogP contribution in [-0.4, -0.2) is 11.0 Å². The lowest BCUT2D eigenvalue weighted by Gasteiger charge is -2.18. The summed E-state index contributed by atoms with van der Waals surface area (Å²) in [5.74, 6) is 0.310. The number of aromatic nitrogens is 1. The van der Waals surface area contributed by atoms with Crippen molar-refractivity contribution in [1.29, 1.82) is 0 Å². The van der Waals surface area contributed by atoms with Gasteiger partial charge in [0.15, 0.2) is 0 Å². The number of pyridine rings is 1. The van der Waals surface area contributed by atoms with Crippen LogP contribution in [0, 0.1) is 0 Å². The predicted molar refractivity (Wildman–Crippen MR) is 66.9 cm³/mol. The number of rotatable bonds is 5. The summed E-state index contributed by atoms with van der Waals surface area (Å²) < 4.78 is 37.3. The second kappa shape index (κ2) is 6.27. The molecule has 1 aromatic heterocycles. The summed E-state index contributed by atoms with van der Waals surface area (Å²) in [6, 6.07) is 1.08. The summed E-state index contributed by atoms with van der Waals surface area (Å²) in [7, 11) is 0. The van der Waals surface area contributed by atoms with Gasteiger partial charge in [-0.25, -0.2) is 4.98 Å². The molecular weight excluding hydrogens is 265 g/mol. The molecule has 0 fully saturated rings. The number of anilines is 1. The van der Waals surface area contributed by atoms with Gasteiger partial charge >= 0.3 is 6.18 Å². The maximum absolute atomic E-state index is 12.4. The van der Waals surface area contributed by atoms with E-state index in [9.17, 15) is 13.2 Å². The molecular formula is C12H16ClF3N2. The van der Waals surface area contributed by atoms with Gasteiger partial charge in [-0.3, -0.25) is 0 Å². The highest BCUT2D eigenvalue weighted by molar-refractivity contribution is 6.32. The first-order chi connectivity index (χ1) is 8.38. The van der Waals surface area contributed by atoms with Crippen LogP contribution in [0.1, 0.15) is 38.7 Å². The van der Waals surface area contributed by atoms with Gasteiger partial charge in [-0.1, -0.05) is 31.9 Å². The number of nitrogens with zero attached hydrogens (tertiary/aromatic N) is 1. The fraction of sp³-hybridized carbons (Fsp3) is 0.583. The lowest BCUT2D eigenvalue weighted by molar-refractivity contribution is -0.137. The maximum atomic E-state index is 12.4. The molecule has 1 rings (SSSR count). The molecule has 102 valence electrons. The van der Waals surface area contributed by atoms with Crippen molar-refractivity contribution < 1.29 is 13.2 Å². The molecule has 0 saturated heterocycles. The van der Waals surface area contributed by atoms with E-state index in [-0.39, 0.29) is 11.1 Å². The Balaban J connectivity index is 2.85. The highest BCUT2D eigenvalue weighted by Gasteiger charge is 2.31. The third-order valence-electron chi connectivity index (χ3n) is 2.64. The van der Waals surface area contributed by atoms with E-state index in [0.29, 0.717) is 5.82 Å². The second-order valence-corrected chi connectivity index (χ2v) is 4.50. The molecule has 0 aliphatic carbocycles. The Kier molecular flexibility index (Phi) is 5.26. The lowest BCUT2D eigenvalue weighted by Crippen LogP contribution is -2.19.